The highest BCUT2D eigenvalue weighted by molar-refractivity contribution is 9.10. The summed E-state index contributed by atoms with van der Waals surface area (Å²) in [5.41, 5.74) is 2.88. The molecule has 0 aliphatic heterocycles. The zero-order chi connectivity index (χ0) is 22.7. The van der Waals surface area contributed by atoms with Crippen molar-refractivity contribution in [1.82, 2.24) is 14.5 Å². The van der Waals surface area contributed by atoms with Gasteiger partial charge in [0, 0.05) is 6.04 Å². The normalized spacial score (nSPS) is 12.2. The summed E-state index contributed by atoms with van der Waals surface area (Å²) in [7, 11) is 0. The van der Waals surface area contributed by atoms with Crippen LogP contribution < -0.4 is 5.32 Å². The van der Waals surface area contributed by atoms with Crippen LogP contribution in [-0.4, -0.2) is 20.4 Å². The van der Waals surface area contributed by atoms with E-state index in [1.165, 1.54) is 0 Å². The maximum atomic E-state index is 12.9. The molecule has 32 heavy (non-hydrogen) atoms. The third-order valence-corrected chi connectivity index (χ3v) is 6.04. The Hall–Kier alpha value is -3.18. The smallest absolute Gasteiger partial charge is 0.292 e. The zero-order valence-electron chi connectivity index (χ0n) is 18.1. The van der Waals surface area contributed by atoms with Gasteiger partial charge in [-0.25, -0.2) is 9.97 Å². The molecule has 4 aromatic rings. The summed E-state index contributed by atoms with van der Waals surface area (Å²) in [5, 5.41) is 13.0. The number of aromatic nitrogens is 3. The largest absolute Gasteiger partial charge is 0.444 e. The number of nitrogens with one attached hydrogen (secondary N) is 1. The van der Waals surface area contributed by atoms with Gasteiger partial charge in [-0.3, -0.25) is 4.79 Å². The maximum Gasteiger partial charge on any atom is 0.292 e. The van der Waals surface area contributed by atoms with E-state index in [4.69, 9.17) is 14.4 Å². The lowest BCUT2D eigenvalue weighted by Crippen LogP contribution is -2.18. The second-order valence-electron chi connectivity index (χ2n) is 7.71. The summed E-state index contributed by atoms with van der Waals surface area (Å²) in [5.74, 6) is 0.144. The molecular formula is C24H24BrN5O2. The molecule has 8 heteroatoms. The molecule has 0 radical (unpaired) electrons. The molecule has 164 valence electrons. The van der Waals surface area contributed by atoms with Gasteiger partial charge in [0.1, 0.15) is 23.0 Å². The molecule has 3 heterocycles. The minimum Gasteiger partial charge on any atom is -0.444 e. The van der Waals surface area contributed by atoms with E-state index in [-0.39, 0.29) is 11.8 Å². The average molecular weight is 494 g/mol. The predicted molar refractivity (Wildman–Crippen MR) is 128 cm³/mol. The summed E-state index contributed by atoms with van der Waals surface area (Å²) < 4.78 is 7.86. The Labute approximate surface area is 194 Å². The molecule has 0 fully saturated rings. The predicted octanol–water partition coefficient (Wildman–Crippen LogP) is 6.60. The Morgan fingerprint density at radius 3 is 2.56 bits per heavy atom. The van der Waals surface area contributed by atoms with Crippen molar-refractivity contribution >= 4 is 49.9 Å². The van der Waals surface area contributed by atoms with Gasteiger partial charge in [0.25, 0.3) is 5.91 Å². The first-order chi connectivity index (χ1) is 15.6. The van der Waals surface area contributed by atoms with E-state index in [0.29, 0.717) is 32.7 Å². The van der Waals surface area contributed by atoms with E-state index in [2.05, 4.69) is 41.2 Å². The lowest BCUT2D eigenvalue weighted by atomic mass is 10.1. The summed E-state index contributed by atoms with van der Waals surface area (Å²) in [6.07, 6.45) is 5.05. The first kappa shape index (κ1) is 22.0. The number of carbonyl (C=O) groups excluding carboxylic acids is 1. The highest BCUT2D eigenvalue weighted by atomic mass is 79.9. The van der Waals surface area contributed by atoms with Gasteiger partial charge in [0.15, 0.2) is 16.1 Å². The molecular weight excluding hydrogens is 470 g/mol. The van der Waals surface area contributed by atoms with Crippen molar-refractivity contribution in [2.75, 3.05) is 5.32 Å². The summed E-state index contributed by atoms with van der Waals surface area (Å²) in [6.45, 7) is 4.28. The van der Waals surface area contributed by atoms with Gasteiger partial charge >= 0.3 is 0 Å². The fraction of sp³-hybridized carbons (Fsp3) is 0.333. The van der Waals surface area contributed by atoms with Crippen LogP contribution in [0.1, 0.15) is 68.1 Å². The van der Waals surface area contributed by atoms with E-state index in [9.17, 15) is 10.1 Å². The summed E-state index contributed by atoms with van der Waals surface area (Å²) in [4.78, 5) is 22.5. The number of rotatable bonds is 8. The average Bonchev–Trinajstić information content (AvgIpc) is 3.36. The Morgan fingerprint density at radius 2 is 1.94 bits per heavy atom. The van der Waals surface area contributed by atoms with Crippen LogP contribution in [0.25, 0.3) is 22.2 Å². The minimum atomic E-state index is -0.427. The van der Waals surface area contributed by atoms with Crippen LogP contribution in [-0.2, 0) is 0 Å². The molecule has 0 saturated heterocycles. The second kappa shape index (κ2) is 9.53. The van der Waals surface area contributed by atoms with Crippen molar-refractivity contribution in [3.05, 3.63) is 52.4 Å². The fourth-order valence-corrected chi connectivity index (χ4v) is 4.31. The molecule has 7 nitrogen and oxygen atoms in total. The fourth-order valence-electron chi connectivity index (χ4n) is 4.00. The summed E-state index contributed by atoms with van der Waals surface area (Å²) in [6, 6.07) is 13.1. The number of halogens is 1. The topological polar surface area (TPSA) is 96.7 Å². The number of amides is 1. The number of fused-ring (bicyclic) bond motifs is 2. The van der Waals surface area contributed by atoms with Gasteiger partial charge in [-0.1, -0.05) is 45.2 Å². The lowest BCUT2D eigenvalue weighted by Gasteiger charge is -2.21. The van der Waals surface area contributed by atoms with E-state index < -0.39 is 5.91 Å². The van der Waals surface area contributed by atoms with Crippen LogP contribution in [0.3, 0.4) is 0 Å². The number of anilines is 1. The Balaban J connectivity index is 1.91. The van der Waals surface area contributed by atoms with Gasteiger partial charge in [-0.15, -0.1) is 0 Å². The van der Waals surface area contributed by atoms with Gasteiger partial charge in [0.2, 0.25) is 0 Å². The van der Waals surface area contributed by atoms with Crippen molar-refractivity contribution in [3.8, 4) is 6.07 Å². The SMILES string of the molecule is CCCCC[C@@H](CC)n1c(NC(=O)c2ccc(Br)o2)c(C#N)c2nc3ccccc3nc21. The molecule has 0 aliphatic rings. The molecule has 3 aromatic heterocycles. The zero-order valence-corrected chi connectivity index (χ0v) is 19.6. The minimum absolute atomic E-state index is 0.0697. The number of benzene rings is 1. The Bertz CT molecular complexity index is 1320. The molecule has 1 aromatic carbocycles. The van der Waals surface area contributed by atoms with Crippen LogP contribution in [0.4, 0.5) is 5.82 Å². The molecule has 1 atom stereocenters. The van der Waals surface area contributed by atoms with Crippen molar-refractivity contribution in [2.45, 2.75) is 52.0 Å². The Kier molecular flexibility index (Phi) is 6.56. The molecule has 0 aliphatic carbocycles. The highest BCUT2D eigenvalue weighted by Crippen LogP contribution is 2.35. The van der Waals surface area contributed by atoms with Gasteiger partial charge in [-0.2, -0.15) is 5.26 Å². The van der Waals surface area contributed by atoms with Gasteiger partial charge in [0.05, 0.1) is 11.0 Å². The first-order valence-electron chi connectivity index (χ1n) is 10.8. The number of carbonyl (C=O) groups is 1. The van der Waals surface area contributed by atoms with Crippen molar-refractivity contribution in [3.63, 3.8) is 0 Å². The van der Waals surface area contributed by atoms with Crippen molar-refractivity contribution < 1.29 is 9.21 Å². The number of hydrogen-bond donors (Lipinski definition) is 1. The number of para-hydroxylation sites is 2. The quantitative estimate of drug-likeness (QED) is 0.279. The molecule has 0 spiro atoms. The van der Waals surface area contributed by atoms with Crippen molar-refractivity contribution in [1.29, 1.82) is 5.26 Å². The number of hydrogen-bond acceptors (Lipinski definition) is 5. The molecule has 1 amide bonds. The number of furan rings is 1. The monoisotopic (exact) mass is 493 g/mol. The summed E-state index contributed by atoms with van der Waals surface area (Å²) >= 11 is 3.23. The first-order valence-corrected chi connectivity index (χ1v) is 11.6. The third-order valence-electron chi connectivity index (χ3n) is 5.61. The van der Waals surface area contributed by atoms with E-state index in [1.54, 1.807) is 12.1 Å². The van der Waals surface area contributed by atoms with E-state index in [1.807, 2.05) is 28.8 Å². The number of nitriles is 1. The molecule has 0 saturated carbocycles. The van der Waals surface area contributed by atoms with Crippen LogP contribution in [0, 0.1) is 11.3 Å². The van der Waals surface area contributed by atoms with E-state index in [0.717, 1.165) is 37.6 Å². The van der Waals surface area contributed by atoms with Gasteiger partial charge < -0.3 is 14.3 Å². The van der Waals surface area contributed by atoms with Crippen LogP contribution in [0.2, 0.25) is 0 Å². The molecule has 4 rings (SSSR count). The van der Waals surface area contributed by atoms with Crippen LogP contribution in [0.15, 0.2) is 45.5 Å². The van der Waals surface area contributed by atoms with Gasteiger partial charge in [-0.05, 0) is 53.0 Å². The molecule has 1 N–H and O–H groups in total. The van der Waals surface area contributed by atoms with Crippen LogP contribution in [0.5, 0.6) is 0 Å². The molecule has 0 bridgehead atoms. The molecule has 0 unspecified atom stereocenters. The lowest BCUT2D eigenvalue weighted by molar-refractivity contribution is 0.0994. The number of nitrogens with zero attached hydrogens (tertiary/aromatic N) is 4. The Morgan fingerprint density at radius 1 is 1.19 bits per heavy atom. The standard InChI is InChI=1S/C24H24BrN5O2/c1-3-5-6-9-15(4-2)30-22(29-24(31)19-12-13-20(25)32-19)16(14-26)21-23(30)28-18-11-8-7-10-17(18)27-21/h7-8,10-13,15H,3-6,9H2,1-2H3,(H,29,31)/t15-/m1/s1. The number of unbranched alkanes of at least 4 members (excludes halogenated alkanes) is 2. The second-order valence-corrected chi connectivity index (χ2v) is 8.49. The van der Waals surface area contributed by atoms with E-state index >= 15 is 0 Å². The maximum absolute atomic E-state index is 12.9. The van der Waals surface area contributed by atoms with Crippen molar-refractivity contribution in [2.24, 2.45) is 0 Å². The van der Waals surface area contributed by atoms with Crippen LogP contribution >= 0.6 is 15.9 Å². The third kappa shape index (κ3) is 4.13. The highest BCUT2D eigenvalue weighted by Gasteiger charge is 2.27.